The van der Waals surface area contributed by atoms with Crippen LogP contribution in [0.25, 0.3) is 0 Å². The van der Waals surface area contributed by atoms with Gasteiger partial charge in [-0.1, -0.05) is 13.0 Å². The molecule has 0 fully saturated rings. The number of benzene rings is 1. The van der Waals surface area contributed by atoms with Gasteiger partial charge in [-0.2, -0.15) is 0 Å². The summed E-state index contributed by atoms with van der Waals surface area (Å²) < 4.78 is 0.565. The molecule has 1 aromatic rings. The van der Waals surface area contributed by atoms with E-state index in [-0.39, 0.29) is 18.0 Å². The van der Waals surface area contributed by atoms with E-state index in [2.05, 4.69) is 21.2 Å². The van der Waals surface area contributed by atoms with Crippen LogP contribution in [0.5, 0.6) is 0 Å². The molecule has 1 aromatic carbocycles. The minimum Gasteiger partial charge on any atom is -0.350 e. The molecule has 0 atom stereocenters. The topological polar surface area (TPSA) is 66.5 Å². The Morgan fingerprint density at radius 1 is 1.33 bits per heavy atom. The summed E-state index contributed by atoms with van der Waals surface area (Å²) in [6, 6.07) is 5.10. The van der Waals surface area contributed by atoms with Crippen LogP contribution >= 0.6 is 15.9 Å². The molecule has 0 spiro atoms. The summed E-state index contributed by atoms with van der Waals surface area (Å²) in [7, 11) is 0. The number of hydrogen-bond donors (Lipinski definition) is 1. The first-order valence-electron chi connectivity index (χ1n) is 6.72. The van der Waals surface area contributed by atoms with Crippen molar-refractivity contribution in [2.24, 2.45) is 0 Å². The normalized spacial score (nSPS) is 14.4. The highest BCUT2D eigenvalue weighted by atomic mass is 79.9. The van der Waals surface area contributed by atoms with Gasteiger partial charge in [-0.3, -0.25) is 19.3 Å². The Bertz CT molecular complexity index is 625. The Morgan fingerprint density at radius 2 is 2.00 bits per heavy atom. The lowest BCUT2D eigenvalue weighted by molar-refractivity contribution is -0.123. The summed E-state index contributed by atoms with van der Waals surface area (Å²) in [6.45, 7) is 5.63. The molecule has 0 saturated carbocycles. The van der Waals surface area contributed by atoms with Crippen LogP contribution in [0.3, 0.4) is 0 Å². The zero-order valence-corrected chi connectivity index (χ0v) is 13.8. The Morgan fingerprint density at radius 3 is 2.62 bits per heavy atom. The highest BCUT2D eigenvalue weighted by Crippen LogP contribution is 2.34. The molecule has 1 N–H and O–H groups in total. The van der Waals surface area contributed by atoms with Crippen molar-refractivity contribution in [3.8, 4) is 0 Å². The number of hydrogen-bond acceptors (Lipinski definition) is 3. The van der Waals surface area contributed by atoms with Crippen molar-refractivity contribution in [1.82, 2.24) is 5.32 Å². The summed E-state index contributed by atoms with van der Waals surface area (Å²) in [5, 5.41) is 2.86. The number of rotatable bonds is 4. The van der Waals surface area contributed by atoms with Crippen LogP contribution in [-0.4, -0.2) is 29.7 Å². The quantitative estimate of drug-likeness (QED) is 0.845. The molecule has 1 heterocycles. The monoisotopic (exact) mass is 352 g/mol. The van der Waals surface area contributed by atoms with Gasteiger partial charge in [0.05, 0.1) is 11.3 Å². The number of Topliss-reactive ketones (excluding diaryl/α,β-unsaturated/α-hetero) is 1. The van der Waals surface area contributed by atoms with E-state index in [0.29, 0.717) is 15.7 Å². The largest absolute Gasteiger partial charge is 0.350 e. The summed E-state index contributed by atoms with van der Waals surface area (Å²) >= 11 is 3.27. The summed E-state index contributed by atoms with van der Waals surface area (Å²) in [6.07, 6.45) is 0.772. The lowest BCUT2D eigenvalue weighted by atomic mass is 10.0. The third-order valence-electron chi connectivity index (χ3n) is 3.61. The van der Waals surface area contributed by atoms with Crippen LogP contribution in [0.4, 0.5) is 5.69 Å². The van der Waals surface area contributed by atoms with Crippen molar-refractivity contribution in [2.75, 3.05) is 11.4 Å². The fourth-order valence-corrected chi connectivity index (χ4v) is 2.64. The standard InChI is InChI=1S/C15H17BrN2O3/c1-4-15(2,3)17-11(19)8-18-10-7-5-6-9(16)12(10)13(20)14(18)21/h5-7H,4,8H2,1-3H3,(H,17,19). The minimum atomic E-state index is -0.665. The minimum absolute atomic E-state index is 0.155. The Hall–Kier alpha value is -1.69. The van der Waals surface area contributed by atoms with Gasteiger partial charge < -0.3 is 5.32 Å². The molecule has 0 radical (unpaired) electrons. The molecular formula is C15H17BrN2O3. The van der Waals surface area contributed by atoms with E-state index < -0.39 is 11.7 Å². The van der Waals surface area contributed by atoms with Gasteiger partial charge in [-0.25, -0.2) is 0 Å². The van der Waals surface area contributed by atoms with Gasteiger partial charge in [0.25, 0.3) is 11.7 Å². The van der Waals surface area contributed by atoms with Crippen molar-refractivity contribution in [3.05, 3.63) is 28.2 Å². The number of nitrogens with zero attached hydrogens (tertiary/aromatic N) is 1. The zero-order chi connectivity index (χ0) is 15.8. The first-order valence-corrected chi connectivity index (χ1v) is 7.52. The molecule has 0 aliphatic carbocycles. The number of fused-ring (bicyclic) bond motifs is 1. The van der Waals surface area contributed by atoms with Crippen molar-refractivity contribution in [3.63, 3.8) is 0 Å². The third kappa shape index (κ3) is 3.00. The zero-order valence-electron chi connectivity index (χ0n) is 12.2. The molecule has 21 heavy (non-hydrogen) atoms. The molecule has 1 aliphatic heterocycles. The second kappa shape index (κ2) is 5.60. The SMILES string of the molecule is CCC(C)(C)NC(=O)CN1C(=O)C(=O)c2c(Br)cccc21. The van der Waals surface area contributed by atoms with Gasteiger partial charge in [0.1, 0.15) is 6.54 Å². The highest BCUT2D eigenvalue weighted by molar-refractivity contribution is 9.10. The number of nitrogens with one attached hydrogen (secondary N) is 1. The maximum Gasteiger partial charge on any atom is 0.299 e. The average molecular weight is 353 g/mol. The molecular weight excluding hydrogens is 336 g/mol. The number of anilines is 1. The van der Waals surface area contributed by atoms with E-state index in [9.17, 15) is 14.4 Å². The number of halogens is 1. The number of carbonyl (C=O) groups is 3. The Balaban J connectivity index is 2.23. The number of amides is 2. The van der Waals surface area contributed by atoms with E-state index in [1.807, 2.05) is 20.8 Å². The lowest BCUT2D eigenvalue weighted by Crippen LogP contribution is -2.48. The second-order valence-corrected chi connectivity index (χ2v) is 6.49. The number of ketones is 1. The molecule has 5 nitrogen and oxygen atoms in total. The molecule has 2 rings (SSSR count). The van der Waals surface area contributed by atoms with Crippen molar-refractivity contribution in [1.29, 1.82) is 0 Å². The van der Waals surface area contributed by atoms with E-state index in [0.717, 1.165) is 6.42 Å². The van der Waals surface area contributed by atoms with Gasteiger partial charge >= 0.3 is 0 Å². The fraction of sp³-hybridized carbons (Fsp3) is 0.400. The third-order valence-corrected chi connectivity index (χ3v) is 4.27. The van der Waals surface area contributed by atoms with Crippen LogP contribution in [0.2, 0.25) is 0 Å². The van der Waals surface area contributed by atoms with Crippen LogP contribution in [0.15, 0.2) is 22.7 Å². The smallest absolute Gasteiger partial charge is 0.299 e. The van der Waals surface area contributed by atoms with Gasteiger partial charge in [0, 0.05) is 10.0 Å². The Kier molecular flexibility index (Phi) is 4.18. The molecule has 112 valence electrons. The van der Waals surface area contributed by atoms with E-state index >= 15 is 0 Å². The van der Waals surface area contributed by atoms with Gasteiger partial charge in [-0.15, -0.1) is 0 Å². The molecule has 6 heteroatoms. The van der Waals surface area contributed by atoms with Crippen LogP contribution < -0.4 is 10.2 Å². The molecule has 0 unspecified atom stereocenters. The first kappa shape index (κ1) is 15.7. The van der Waals surface area contributed by atoms with Crippen molar-refractivity contribution < 1.29 is 14.4 Å². The van der Waals surface area contributed by atoms with Gasteiger partial charge in [0.2, 0.25) is 5.91 Å². The number of carbonyl (C=O) groups excluding carboxylic acids is 3. The predicted molar refractivity (Wildman–Crippen MR) is 83.3 cm³/mol. The first-order chi connectivity index (χ1) is 9.76. The van der Waals surface area contributed by atoms with Crippen LogP contribution in [0.1, 0.15) is 37.6 Å². The molecule has 0 bridgehead atoms. The maximum absolute atomic E-state index is 12.1. The maximum atomic E-state index is 12.1. The molecule has 1 aliphatic rings. The van der Waals surface area contributed by atoms with Crippen molar-refractivity contribution in [2.45, 2.75) is 32.7 Å². The molecule has 2 amide bonds. The van der Waals surface area contributed by atoms with E-state index in [4.69, 9.17) is 0 Å². The summed E-state index contributed by atoms with van der Waals surface area (Å²) in [5.74, 6) is -1.53. The second-order valence-electron chi connectivity index (χ2n) is 5.64. The van der Waals surface area contributed by atoms with Crippen LogP contribution in [0, 0.1) is 0 Å². The average Bonchev–Trinajstić information content (AvgIpc) is 2.64. The predicted octanol–water partition coefficient (Wildman–Crippen LogP) is 2.28. The van der Waals surface area contributed by atoms with E-state index in [1.165, 1.54) is 4.90 Å². The molecule has 0 aromatic heterocycles. The Labute approximate surface area is 131 Å². The van der Waals surface area contributed by atoms with Gasteiger partial charge in [0.15, 0.2) is 0 Å². The van der Waals surface area contributed by atoms with Crippen LogP contribution in [-0.2, 0) is 9.59 Å². The molecule has 0 saturated heterocycles. The van der Waals surface area contributed by atoms with Gasteiger partial charge in [-0.05, 0) is 48.3 Å². The van der Waals surface area contributed by atoms with Crippen molar-refractivity contribution >= 4 is 39.2 Å². The van der Waals surface area contributed by atoms with E-state index in [1.54, 1.807) is 18.2 Å². The summed E-state index contributed by atoms with van der Waals surface area (Å²) in [4.78, 5) is 37.4. The highest BCUT2D eigenvalue weighted by Gasteiger charge is 2.38. The summed E-state index contributed by atoms with van der Waals surface area (Å²) in [5.41, 5.74) is 0.457. The lowest BCUT2D eigenvalue weighted by Gasteiger charge is -2.26. The fourth-order valence-electron chi connectivity index (χ4n) is 2.11.